The topological polar surface area (TPSA) is 38.3 Å². The lowest BCUT2D eigenvalue weighted by molar-refractivity contribution is -0.122. The molecule has 1 amide bonds. The van der Waals surface area contributed by atoms with E-state index < -0.39 is 0 Å². The predicted octanol–water partition coefficient (Wildman–Crippen LogP) is 2.33. The van der Waals surface area contributed by atoms with Crippen molar-refractivity contribution in [3.05, 3.63) is 41.4 Å². The monoisotopic (exact) mass is 239 g/mol. The van der Waals surface area contributed by atoms with Crippen LogP contribution in [0.25, 0.3) is 0 Å². The zero-order valence-electron chi connectivity index (χ0n) is 9.13. The van der Waals surface area contributed by atoms with Gasteiger partial charge in [0.2, 0.25) is 0 Å². The highest BCUT2D eigenvalue weighted by Gasteiger charge is 2.02. The fourth-order valence-electron chi connectivity index (χ4n) is 1.09. The van der Waals surface area contributed by atoms with Crippen molar-refractivity contribution in [3.8, 4) is 5.75 Å². The second kappa shape index (κ2) is 6.18. The smallest absolute Gasteiger partial charge is 0.258 e. The van der Waals surface area contributed by atoms with Crippen LogP contribution in [0.5, 0.6) is 5.75 Å². The van der Waals surface area contributed by atoms with Gasteiger partial charge in [-0.1, -0.05) is 17.7 Å². The third kappa shape index (κ3) is 3.95. The minimum absolute atomic E-state index is 0.00505. The van der Waals surface area contributed by atoms with E-state index in [1.165, 1.54) is 0 Å². The Labute approximate surface area is 100 Å². The SMILES string of the molecule is C=CCNC(=O)COc1ccc(Cl)c(C)c1. The average molecular weight is 240 g/mol. The van der Waals surface area contributed by atoms with Gasteiger partial charge in [-0.2, -0.15) is 0 Å². The van der Waals surface area contributed by atoms with Crippen molar-refractivity contribution < 1.29 is 9.53 Å². The number of benzene rings is 1. The molecule has 0 unspecified atom stereocenters. The maximum absolute atomic E-state index is 11.2. The molecular weight excluding hydrogens is 226 g/mol. The summed E-state index contributed by atoms with van der Waals surface area (Å²) in [6, 6.07) is 5.27. The molecule has 1 aromatic rings. The molecule has 0 fully saturated rings. The second-order valence-electron chi connectivity index (χ2n) is 3.29. The van der Waals surface area contributed by atoms with Crippen molar-refractivity contribution in [1.82, 2.24) is 5.32 Å². The zero-order chi connectivity index (χ0) is 12.0. The Morgan fingerprint density at radius 2 is 2.38 bits per heavy atom. The number of ether oxygens (including phenoxy) is 1. The summed E-state index contributed by atoms with van der Waals surface area (Å²) >= 11 is 5.87. The summed E-state index contributed by atoms with van der Waals surface area (Å²) < 4.78 is 5.30. The predicted molar refractivity (Wildman–Crippen MR) is 64.9 cm³/mol. The molecule has 0 bridgehead atoms. The number of aryl methyl sites for hydroxylation is 1. The minimum atomic E-state index is -0.174. The van der Waals surface area contributed by atoms with Crippen LogP contribution >= 0.6 is 11.6 Å². The highest BCUT2D eigenvalue weighted by Crippen LogP contribution is 2.20. The molecule has 0 saturated carbocycles. The molecule has 1 aromatic carbocycles. The Balaban J connectivity index is 2.45. The van der Waals surface area contributed by atoms with Crippen molar-refractivity contribution >= 4 is 17.5 Å². The zero-order valence-corrected chi connectivity index (χ0v) is 9.88. The van der Waals surface area contributed by atoms with Crippen molar-refractivity contribution in [1.29, 1.82) is 0 Å². The van der Waals surface area contributed by atoms with E-state index in [1.54, 1.807) is 24.3 Å². The molecule has 4 heteroatoms. The van der Waals surface area contributed by atoms with Gasteiger partial charge in [0.25, 0.3) is 5.91 Å². The minimum Gasteiger partial charge on any atom is -0.484 e. The van der Waals surface area contributed by atoms with Crippen LogP contribution in [-0.2, 0) is 4.79 Å². The summed E-state index contributed by atoms with van der Waals surface area (Å²) in [5.41, 5.74) is 0.922. The van der Waals surface area contributed by atoms with Crippen LogP contribution in [0.3, 0.4) is 0 Å². The molecule has 3 nitrogen and oxygen atoms in total. The van der Waals surface area contributed by atoms with E-state index in [9.17, 15) is 4.79 Å². The first-order valence-electron chi connectivity index (χ1n) is 4.90. The Morgan fingerprint density at radius 1 is 1.62 bits per heavy atom. The first kappa shape index (κ1) is 12.6. The van der Waals surface area contributed by atoms with Crippen LogP contribution in [0.4, 0.5) is 0 Å². The Hall–Kier alpha value is -1.48. The molecule has 1 rings (SSSR count). The Morgan fingerprint density at radius 3 is 3.00 bits per heavy atom. The molecule has 0 radical (unpaired) electrons. The van der Waals surface area contributed by atoms with E-state index in [4.69, 9.17) is 16.3 Å². The van der Waals surface area contributed by atoms with Gasteiger partial charge in [0.05, 0.1) is 0 Å². The number of hydrogen-bond donors (Lipinski definition) is 1. The van der Waals surface area contributed by atoms with Gasteiger partial charge in [0.1, 0.15) is 5.75 Å². The number of carbonyl (C=O) groups excluding carboxylic acids is 1. The van der Waals surface area contributed by atoms with Crippen LogP contribution in [0, 0.1) is 6.92 Å². The lowest BCUT2D eigenvalue weighted by atomic mass is 10.2. The maximum Gasteiger partial charge on any atom is 0.258 e. The Kier molecular flexibility index (Phi) is 4.86. The van der Waals surface area contributed by atoms with E-state index in [0.717, 1.165) is 5.56 Å². The van der Waals surface area contributed by atoms with Crippen LogP contribution in [0.15, 0.2) is 30.9 Å². The number of nitrogens with one attached hydrogen (secondary N) is 1. The van der Waals surface area contributed by atoms with Crippen molar-refractivity contribution in [2.45, 2.75) is 6.92 Å². The van der Waals surface area contributed by atoms with Crippen LogP contribution in [-0.4, -0.2) is 19.1 Å². The molecule has 0 aliphatic rings. The molecule has 0 aliphatic heterocycles. The summed E-state index contributed by atoms with van der Waals surface area (Å²) in [6.45, 7) is 5.83. The lowest BCUT2D eigenvalue weighted by Crippen LogP contribution is -2.28. The second-order valence-corrected chi connectivity index (χ2v) is 3.70. The highest BCUT2D eigenvalue weighted by molar-refractivity contribution is 6.31. The summed E-state index contributed by atoms with van der Waals surface area (Å²) in [5, 5.41) is 3.30. The van der Waals surface area contributed by atoms with E-state index >= 15 is 0 Å². The molecular formula is C12H14ClNO2. The Bertz CT molecular complexity index is 391. The number of hydrogen-bond acceptors (Lipinski definition) is 2. The largest absolute Gasteiger partial charge is 0.484 e. The van der Waals surface area contributed by atoms with E-state index in [-0.39, 0.29) is 12.5 Å². The summed E-state index contributed by atoms with van der Waals surface area (Å²) in [7, 11) is 0. The van der Waals surface area contributed by atoms with Gasteiger partial charge in [-0.3, -0.25) is 4.79 Å². The number of halogens is 1. The molecule has 0 atom stereocenters. The lowest BCUT2D eigenvalue weighted by Gasteiger charge is -2.07. The quantitative estimate of drug-likeness (QED) is 0.801. The van der Waals surface area contributed by atoms with Crippen molar-refractivity contribution in [2.24, 2.45) is 0 Å². The van der Waals surface area contributed by atoms with Crippen LogP contribution in [0.1, 0.15) is 5.56 Å². The van der Waals surface area contributed by atoms with Crippen LogP contribution in [0.2, 0.25) is 5.02 Å². The molecule has 0 aliphatic carbocycles. The highest BCUT2D eigenvalue weighted by atomic mass is 35.5. The molecule has 0 aromatic heterocycles. The fourth-order valence-corrected chi connectivity index (χ4v) is 1.21. The molecule has 0 heterocycles. The molecule has 0 saturated heterocycles. The van der Waals surface area contributed by atoms with Crippen molar-refractivity contribution in [2.75, 3.05) is 13.2 Å². The van der Waals surface area contributed by atoms with E-state index in [1.807, 2.05) is 6.92 Å². The first-order chi connectivity index (χ1) is 7.63. The van der Waals surface area contributed by atoms with Gasteiger partial charge in [-0.25, -0.2) is 0 Å². The molecule has 1 N–H and O–H groups in total. The number of rotatable bonds is 5. The van der Waals surface area contributed by atoms with Gasteiger partial charge in [-0.15, -0.1) is 6.58 Å². The number of amides is 1. The normalized spacial score (nSPS) is 9.62. The summed E-state index contributed by atoms with van der Waals surface area (Å²) in [4.78, 5) is 11.2. The van der Waals surface area contributed by atoms with E-state index in [2.05, 4.69) is 11.9 Å². The maximum atomic E-state index is 11.2. The van der Waals surface area contributed by atoms with Crippen molar-refractivity contribution in [3.63, 3.8) is 0 Å². The third-order valence-electron chi connectivity index (χ3n) is 1.94. The van der Waals surface area contributed by atoms with Gasteiger partial charge >= 0.3 is 0 Å². The molecule has 16 heavy (non-hydrogen) atoms. The van der Waals surface area contributed by atoms with Gasteiger partial charge < -0.3 is 10.1 Å². The third-order valence-corrected chi connectivity index (χ3v) is 2.37. The van der Waals surface area contributed by atoms with Gasteiger partial charge in [0.15, 0.2) is 6.61 Å². The standard InChI is InChI=1S/C12H14ClNO2/c1-3-6-14-12(15)8-16-10-4-5-11(13)9(2)7-10/h3-5,7H,1,6,8H2,2H3,(H,14,15). The van der Waals surface area contributed by atoms with E-state index in [0.29, 0.717) is 17.3 Å². The van der Waals surface area contributed by atoms with Gasteiger partial charge in [-0.05, 0) is 30.7 Å². The molecule has 0 spiro atoms. The van der Waals surface area contributed by atoms with Gasteiger partial charge in [0, 0.05) is 11.6 Å². The average Bonchev–Trinajstić information content (AvgIpc) is 2.28. The number of carbonyl (C=O) groups is 1. The molecule has 86 valence electrons. The fraction of sp³-hybridized carbons (Fsp3) is 0.250. The summed E-state index contributed by atoms with van der Waals surface area (Å²) in [5.74, 6) is 0.461. The first-order valence-corrected chi connectivity index (χ1v) is 5.28. The van der Waals surface area contributed by atoms with Crippen LogP contribution < -0.4 is 10.1 Å². The summed E-state index contributed by atoms with van der Waals surface area (Å²) in [6.07, 6.45) is 1.62.